The molecule has 0 heterocycles. The van der Waals surface area contributed by atoms with Crippen molar-refractivity contribution in [2.24, 2.45) is 0 Å². The van der Waals surface area contributed by atoms with Gasteiger partial charge in [-0.25, -0.2) is 4.79 Å². The van der Waals surface area contributed by atoms with E-state index in [0.717, 1.165) is 11.3 Å². The summed E-state index contributed by atoms with van der Waals surface area (Å²) in [4.78, 5) is 13.6. The van der Waals surface area contributed by atoms with Crippen LogP contribution >= 0.6 is 0 Å². The van der Waals surface area contributed by atoms with Gasteiger partial charge in [-0.2, -0.15) is 0 Å². The van der Waals surface area contributed by atoms with Crippen LogP contribution in [0.1, 0.15) is 17.2 Å². The Hall–Kier alpha value is -2.57. The van der Waals surface area contributed by atoms with E-state index in [9.17, 15) is 15.0 Å². The zero-order valence-corrected chi connectivity index (χ0v) is 14.4. The molecule has 0 fully saturated rings. The lowest BCUT2D eigenvalue weighted by Crippen LogP contribution is -2.35. The maximum atomic E-state index is 11.7. The summed E-state index contributed by atoms with van der Waals surface area (Å²) in [7, 11) is 3.84. The van der Waals surface area contributed by atoms with Gasteiger partial charge < -0.3 is 25.2 Å². The van der Waals surface area contributed by atoms with Crippen LogP contribution < -0.4 is 10.2 Å². The molecule has 25 heavy (non-hydrogen) atoms. The highest BCUT2D eigenvalue weighted by Crippen LogP contribution is 2.20. The first-order chi connectivity index (χ1) is 12.0. The number of nitrogens with zero attached hydrogens (tertiary/aromatic N) is 1. The Morgan fingerprint density at radius 1 is 1.08 bits per heavy atom. The lowest BCUT2D eigenvalue weighted by atomic mass is 10.0. The lowest BCUT2D eigenvalue weighted by Gasteiger charge is -2.20. The van der Waals surface area contributed by atoms with Crippen LogP contribution in [0.2, 0.25) is 0 Å². The van der Waals surface area contributed by atoms with Crippen LogP contribution in [0.25, 0.3) is 0 Å². The van der Waals surface area contributed by atoms with Crippen molar-refractivity contribution in [2.75, 3.05) is 25.5 Å². The predicted molar refractivity (Wildman–Crippen MR) is 96.4 cm³/mol. The van der Waals surface area contributed by atoms with E-state index in [1.807, 2.05) is 61.5 Å². The molecule has 134 valence electrons. The molecule has 3 N–H and O–H groups in total. The van der Waals surface area contributed by atoms with Crippen molar-refractivity contribution in [3.05, 3.63) is 65.7 Å². The van der Waals surface area contributed by atoms with Crippen LogP contribution in [0.5, 0.6) is 0 Å². The summed E-state index contributed by atoms with van der Waals surface area (Å²) in [6.07, 6.45) is -2.86. The van der Waals surface area contributed by atoms with Crippen LogP contribution in [0.3, 0.4) is 0 Å². The SMILES string of the molecule is CN(C)c1ccc(C(O)C(O)CNC(=O)OCc2ccccc2)cc1. The Morgan fingerprint density at radius 2 is 1.72 bits per heavy atom. The molecule has 2 aromatic rings. The zero-order valence-electron chi connectivity index (χ0n) is 14.4. The number of ether oxygens (including phenoxy) is 1. The van der Waals surface area contributed by atoms with Gasteiger partial charge in [-0.15, -0.1) is 0 Å². The number of rotatable bonds is 7. The highest BCUT2D eigenvalue weighted by atomic mass is 16.5. The second-order valence-corrected chi connectivity index (χ2v) is 5.94. The molecule has 0 aliphatic rings. The van der Waals surface area contributed by atoms with E-state index in [-0.39, 0.29) is 13.2 Å². The molecule has 2 aromatic carbocycles. The largest absolute Gasteiger partial charge is 0.445 e. The van der Waals surface area contributed by atoms with Gasteiger partial charge in [-0.05, 0) is 23.3 Å². The van der Waals surface area contributed by atoms with Crippen LogP contribution in [0.4, 0.5) is 10.5 Å². The van der Waals surface area contributed by atoms with E-state index < -0.39 is 18.3 Å². The standard InChI is InChI=1S/C19H24N2O4/c1-21(2)16-10-8-15(9-11-16)18(23)17(22)12-20-19(24)25-13-14-6-4-3-5-7-14/h3-11,17-18,22-23H,12-13H2,1-2H3,(H,20,24). The average Bonchev–Trinajstić information content (AvgIpc) is 2.64. The van der Waals surface area contributed by atoms with E-state index in [4.69, 9.17) is 4.74 Å². The smallest absolute Gasteiger partial charge is 0.407 e. The van der Waals surface area contributed by atoms with E-state index in [1.165, 1.54) is 0 Å². The second kappa shape index (κ2) is 9.05. The maximum absolute atomic E-state index is 11.7. The molecule has 6 heteroatoms. The number of carbonyl (C=O) groups is 1. The molecule has 0 radical (unpaired) electrons. The van der Waals surface area contributed by atoms with E-state index in [0.29, 0.717) is 5.56 Å². The van der Waals surface area contributed by atoms with Gasteiger partial charge in [-0.3, -0.25) is 0 Å². The summed E-state index contributed by atoms with van der Waals surface area (Å²) >= 11 is 0. The number of anilines is 1. The molecular formula is C19H24N2O4. The fraction of sp³-hybridized carbons (Fsp3) is 0.316. The van der Waals surface area contributed by atoms with Gasteiger partial charge in [0.2, 0.25) is 0 Å². The first-order valence-corrected chi connectivity index (χ1v) is 8.05. The number of aliphatic hydroxyl groups is 2. The monoisotopic (exact) mass is 344 g/mol. The summed E-state index contributed by atoms with van der Waals surface area (Å²) in [5.74, 6) is 0. The van der Waals surface area contributed by atoms with Crippen molar-refractivity contribution >= 4 is 11.8 Å². The highest BCUT2D eigenvalue weighted by Gasteiger charge is 2.19. The molecule has 1 amide bonds. The molecule has 2 atom stereocenters. The topological polar surface area (TPSA) is 82.0 Å². The minimum absolute atomic E-state index is 0.107. The Kier molecular flexibility index (Phi) is 6.80. The van der Waals surface area contributed by atoms with Gasteiger partial charge in [0.15, 0.2) is 0 Å². The number of amides is 1. The molecule has 6 nitrogen and oxygen atoms in total. The maximum Gasteiger partial charge on any atom is 0.407 e. The number of benzene rings is 2. The van der Waals surface area contributed by atoms with E-state index in [2.05, 4.69) is 5.32 Å². The molecule has 0 aromatic heterocycles. The van der Waals surface area contributed by atoms with Gasteiger partial charge in [0.25, 0.3) is 0 Å². The molecule has 0 saturated heterocycles. The van der Waals surface area contributed by atoms with Crippen molar-refractivity contribution < 1.29 is 19.7 Å². The van der Waals surface area contributed by atoms with Gasteiger partial charge in [0, 0.05) is 26.3 Å². The number of carbonyl (C=O) groups excluding carboxylic acids is 1. The molecule has 0 aliphatic heterocycles. The van der Waals surface area contributed by atoms with Gasteiger partial charge in [0.05, 0.1) is 0 Å². The summed E-state index contributed by atoms with van der Waals surface area (Å²) in [6, 6.07) is 16.5. The molecule has 0 bridgehead atoms. The number of hydrogen-bond acceptors (Lipinski definition) is 5. The number of alkyl carbamates (subject to hydrolysis) is 1. The number of nitrogens with one attached hydrogen (secondary N) is 1. The summed E-state index contributed by atoms with van der Waals surface area (Å²) in [6.45, 7) is 0.0432. The van der Waals surface area contributed by atoms with E-state index in [1.54, 1.807) is 12.1 Å². The second-order valence-electron chi connectivity index (χ2n) is 5.94. The minimum Gasteiger partial charge on any atom is -0.445 e. The van der Waals surface area contributed by atoms with Crippen LogP contribution in [-0.2, 0) is 11.3 Å². The van der Waals surface area contributed by atoms with Gasteiger partial charge >= 0.3 is 6.09 Å². The number of hydrogen-bond donors (Lipinski definition) is 3. The van der Waals surface area contributed by atoms with Crippen LogP contribution in [0, 0.1) is 0 Å². The molecule has 0 saturated carbocycles. The van der Waals surface area contributed by atoms with Crippen LogP contribution in [0.15, 0.2) is 54.6 Å². The normalized spacial score (nSPS) is 13.0. The third-order valence-corrected chi connectivity index (χ3v) is 3.78. The first-order valence-electron chi connectivity index (χ1n) is 8.05. The van der Waals surface area contributed by atoms with Gasteiger partial charge in [0.1, 0.15) is 18.8 Å². The highest BCUT2D eigenvalue weighted by molar-refractivity contribution is 5.67. The summed E-state index contributed by atoms with van der Waals surface area (Å²) < 4.78 is 5.06. The fourth-order valence-electron chi connectivity index (χ4n) is 2.27. The van der Waals surface area contributed by atoms with Crippen molar-refractivity contribution in [1.29, 1.82) is 0 Å². The van der Waals surface area contributed by atoms with Crippen molar-refractivity contribution in [1.82, 2.24) is 5.32 Å². The third kappa shape index (κ3) is 5.77. The minimum atomic E-state index is -1.13. The quantitative estimate of drug-likeness (QED) is 0.716. The molecule has 0 spiro atoms. The Balaban J connectivity index is 1.78. The zero-order chi connectivity index (χ0) is 18.2. The molecule has 2 unspecified atom stereocenters. The third-order valence-electron chi connectivity index (χ3n) is 3.78. The van der Waals surface area contributed by atoms with Crippen LogP contribution in [-0.4, -0.2) is 43.1 Å². The van der Waals surface area contributed by atoms with Crippen molar-refractivity contribution in [3.8, 4) is 0 Å². The average molecular weight is 344 g/mol. The molecule has 0 aliphatic carbocycles. The summed E-state index contributed by atoms with van der Waals surface area (Å²) in [5.41, 5.74) is 2.45. The fourth-order valence-corrected chi connectivity index (χ4v) is 2.27. The molecular weight excluding hydrogens is 320 g/mol. The Bertz CT molecular complexity index is 659. The Morgan fingerprint density at radius 3 is 2.32 bits per heavy atom. The molecule has 2 rings (SSSR count). The number of aliphatic hydroxyl groups excluding tert-OH is 2. The van der Waals surface area contributed by atoms with Crippen molar-refractivity contribution in [3.63, 3.8) is 0 Å². The van der Waals surface area contributed by atoms with E-state index >= 15 is 0 Å². The summed E-state index contributed by atoms with van der Waals surface area (Å²) in [5, 5.41) is 22.7. The predicted octanol–water partition coefficient (Wildman–Crippen LogP) is 2.07. The van der Waals surface area contributed by atoms with Crippen molar-refractivity contribution in [2.45, 2.75) is 18.8 Å². The Labute approximate surface area is 147 Å². The lowest BCUT2D eigenvalue weighted by molar-refractivity contribution is 0.0184. The first kappa shape index (κ1) is 18.8. The van der Waals surface area contributed by atoms with Gasteiger partial charge in [-0.1, -0.05) is 42.5 Å².